The van der Waals surface area contributed by atoms with E-state index in [1.807, 2.05) is 0 Å². The largest absolute Gasteiger partial charge is 1.00 e. The standard InChI is InChI=1S/C6H6ClNO2S.K.H/c7-5-1-3-6(4-2-5)11(8,9)10;;/h1-4H,(H2,8,9,10);;/q;+1;-1. The topological polar surface area (TPSA) is 60.2 Å². The Kier molecular flexibility index (Phi) is 5.51. The molecule has 0 spiro atoms. The predicted octanol–water partition coefficient (Wildman–Crippen LogP) is -1.90. The molecule has 0 aliphatic carbocycles. The Bertz CT molecular complexity index is 353. The van der Waals surface area contributed by atoms with Crippen LogP contribution in [0, 0.1) is 0 Å². The third-order valence-corrected chi connectivity index (χ3v) is 2.32. The summed E-state index contributed by atoms with van der Waals surface area (Å²) in [7, 11) is -3.58. The molecular formula is C6H7ClKNO2S. The first-order valence-corrected chi connectivity index (χ1v) is 4.71. The van der Waals surface area contributed by atoms with E-state index in [1.54, 1.807) is 0 Å². The zero-order valence-electron chi connectivity index (χ0n) is 7.49. The van der Waals surface area contributed by atoms with Gasteiger partial charge < -0.3 is 1.43 Å². The van der Waals surface area contributed by atoms with Crippen molar-refractivity contribution in [1.82, 2.24) is 0 Å². The third-order valence-electron chi connectivity index (χ3n) is 1.14. The van der Waals surface area contributed by atoms with Crippen LogP contribution < -0.4 is 56.5 Å². The first-order chi connectivity index (χ1) is 5.00. The number of rotatable bonds is 1. The third kappa shape index (κ3) is 3.84. The number of benzene rings is 1. The molecule has 0 unspecified atom stereocenters. The number of halogens is 1. The second kappa shape index (κ2) is 5.07. The van der Waals surface area contributed by atoms with Crippen LogP contribution in [0.3, 0.4) is 0 Å². The van der Waals surface area contributed by atoms with Crippen molar-refractivity contribution in [2.75, 3.05) is 0 Å². The summed E-state index contributed by atoms with van der Waals surface area (Å²) in [5, 5.41) is 5.32. The fourth-order valence-corrected chi connectivity index (χ4v) is 1.27. The van der Waals surface area contributed by atoms with Crippen molar-refractivity contribution in [2.24, 2.45) is 5.14 Å². The zero-order chi connectivity index (χ0) is 8.48. The molecular weight excluding hydrogens is 225 g/mol. The van der Waals surface area contributed by atoms with Gasteiger partial charge in [-0.3, -0.25) is 0 Å². The molecule has 2 N–H and O–H groups in total. The van der Waals surface area contributed by atoms with Crippen LogP contribution in [-0.4, -0.2) is 8.42 Å². The van der Waals surface area contributed by atoms with Crippen LogP contribution >= 0.6 is 11.6 Å². The number of nitrogens with two attached hydrogens (primary N) is 1. The van der Waals surface area contributed by atoms with E-state index in [2.05, 4.69) is 0 Å². The minimum absolute atomic E-state index is 0. The van der Waals surface area contributed by atoms with Crippen molar-refractivity contribution < 1.29 is 61.2 Å². The Morgan fingerprint density at radius 3 is 2.00 bits per heavy atom. The minimum Gasteiger partial charge on any atom is -1.00 e. The summed E-state index contributed by atoms with van der Waals surface area (Å²) in [4.78, 5) is 0.0712. The van der Waals surface area contributed by atoms with Gasteiger partial charge in [-0.1, -0.05) is 11.6 Å². The smallest absolute Gasteiger partial charge is 1.00 e. The molecule has 0 amide bonds. The average molecular weight is 232 g/mol. The van der Waals surface area contributed by atoms with E-state index in [4.69, 9.17) is 16.7 Å². The maximum atomic E-state index is 10.7. The number of primary sulfonamides is 1. The van der Waals surface area contributed by atoms with Crippen molar-refractivity contribution in [3.63, 3.8) is 0 Å². The number of hydrogen-bond donors (Lipinski definition) is 1. The van der Waals surface area contributed by atoms with Gasteiger partial charge in [0, 0.05) is 5.02 Å². The van der Waals surface area contributed by atoms with Gasteiger partial charge in [0.1, 0.15) is 0 Å². The second-order valence-corrected chi connectivity index (χ2v) is 4.00. The summed E-state index contributed by atoms with van der Waals surface area (Å²) in [6.45, 7) is 0. The van der Waals surface area contributed by atoms with Crippen molar-refractivity contribution in [3.8, 4) is 0 Å². The zero-order valence-corrected chi connectivity index (χ0v) is 11.2. The van der Waals surface area contributed by atoms with Gasteiger partial charge >= 0.3 is 51.4 Å². The van der Waals surface area contributed by atoms with Crippen molar-refractivity contribution in [2.45, 2.75) is 4.90 Å². The van der Waals surface area contributed by atoms with Gasteiger partial charge in [0.05, 0.1) is 4.90 Å². The average Bonchev–Trinajstić information content (AvgIpc) is 1.86. The predicted molar refractivity (Wildman–Crippen MR) is 43.9 cm³/mol. The fourth-order valence-electron chi connectivity index (χ4n) is 0.624. The number of hydrogen-bond acceptors (Lipinski definition) is 2. The van der Waals surface area contributed by atoms with Gasteiger partial charge in [0.15, 0.2) is 0 Å². The summed E-state index contributed by atoms with van der Waals surface area (Å²) in [5.74, 6) is 0. The summed E-state index contributed by atoms with van der Waals surface area (Å²) in [5.41, 5.74) is 0. The van der Waals surface area contributed by atoms with Crippen molar-refractivity contribution in [1.29, 1.82) is 0 Å². The van der Waals surface area contributed by atoms with Crippen LogP contribution in [-0.2, 0) is 10.0 Å². The van der Waals surface area contributed by atoms with Crippen molar-refractivity contribution in [3.05, 3.63) is 29.3 Å². The van der Waals surface area contributed by atoms with Gasteiger partial charge in [-0.15, -0.1) is 0 Å². The van der Waals surface area contributed by atoms with E-state index in [0.717, 1.165) is 0 Å². The van der Waals surface area contributed by atoms with Crippen LogP contribution in [0.5, 0.6) is 0 Å². The summed E-state index contributed by atoms with van der Waals surface area (Å²) >= 11 is 5.53. The molecule has 0 aliphatic rings. The van der Waals surface area contributed by atoms with Gasteiger partial charge in [0.25, 0.3) is 0 Å². The van der Waals surface area contributed by atoms with E-state index in [9.17, 15) is 8.42 Å². The van der Waals surface area contributed by atoms with Crippen LogP contribution in [0.2, 0.25) is 5.02 Å². The first-order valence-electron chi connectivity index (χ1n) is 2.78. The van der Waals surface area contributed by atoms with Gasteiger partial charge in [0.2, 0.25) is 10.0 Å². The molecule has 0 atom stereocenters. The Morgan fingerprint density at radius 2 is 1.67 bits per heavy atom. The summed E-state index contributed by atoms with van der Waals surface area (Å²) < 4.78 is 21.4. The molecule has 3 nitrogen and oxygen atoms in total. The fraction of sp³-hybridized carbons (Fsp3) is 0. The molecule has 0 saturated heterocycles. The Hall–Kier alpha value is 1.06. The molecule has 0 aliphatic heterocycles. The maximum absolute atomic E-state index is 10.7. The SMILES string of the molecule is NS(=O)(=O)c1ccc(Cl)cc1.[H-].[K+]. The normalized spacial score (nSPS) is 10.5. The Labute approximate surface area is 120 Å². The van der Waals surface area contributed by atoms with Crippen LogP contribution in [0.4, 0.5) is 0 Å². The van der Waals surface area contributed by atoms with Gasteiger partial charge in [-0.25, -0.2) is 13.6 Å². The Balaban J connectivity index is 0. The van der Waals surface area contributed by atoms with E-state index in [-0.39, 0.29) is 57.7 Å². The molecule has 6 heteroatoms. The quantitative estimate of drug-likeness (QED) is 0.575. The van der Waals surface area contributed by atoms with Gasteiger partial charge in [-0.2, -0.15) is 0 Å². The monoisotopic (exact) mass is 231 g/mol. The molecule has 1 aromatic rings. The summed E-state index contributed by atoms with van der Waals surface area (Å²) in [6.07, 6.45) is 0. The van der Waals surface area contributed by atoms with Gasteiger partial charge in [-0.05, 0) is 24.3 Å². The maximum Gasteiger partial charge on any atom is 1.00 e. The van der Waals surface area contributed by atoms with Crippen molar-refractivity contribution >= 4 is 21.6 Å². The number of sulfonamides is 1. The Morgan fingerprint density at radius 1 is 1.25 bits per heavy atom. The molecule has 0 fully saturated rings. The summed E-state index contributed by atoms with van der Waals surface area (Å²) in [6, 6.07) is 5.66. The molecule has 1 rings (SSSR count). The van der Waals surface area contributed by atoms with E-state index >= 15 is 0 Å². The molecule has 0 heterocycles. The minimum atomic E-state index is -3.58. The second-order valence-electron chi connectivity index (χ2n) is 2.00. The van der Waals surface area contributed by atoms with E-state index < -0.39 is 10.0 Å². The molecule has 0 bridgehead atoms. The van der Waals surface area contributed by atoms with Crippen LogP contribution in [0.15, 0.2) is 29.2 Å². The van der Waals surface area contributed by atoms with Crippen LogP contribution in [0.25, 0.3) is 0 Å². The molecule has 12 heavy (non-hydrogen) atoms. The molecule has 0 aromatic heterocycles. The van der Waals surface area contributed by atoms with E-state index in [0.29, 0.717) is 5.02 Å². The molecule has 1 aromatic carbocycles. The van der Waals surface area contributed by atoms with Crippen LogP contribution in [0.1, 0.15) is 1.43 Å². The molecule has 0 radical (unpaired) electrons. The molecule has 0 saturated carbocycles. The first kappa shape index (κ1) is 13.1. The molecule has 62 valence electrons. The van der Waals surface area contributed by atoms with E-state index in [1.165, 1.54) is 24.3 Å².